The molecule has 0 aliphatic rings. The molecule has 6 heteroatoms. The predicted octanol–water partition coefficient (Wildman–Crippen LogP) is 6.09. The van der Waals surface area contributed by atoms with Crippen LogP contribution in [0.25, 0.3) is 0 Å². The van der Waals surface area contributed by atoms with Crippen LogP contribution in [0.15, 0.2) is 22.7 Å². The van der Waals surface area contributed by atoms with Crippen molar-refractivity contribution in [3.8, 4) is 0 Å². The zero-order chi connectivity index (χ0) is 15.8. The predicted molar refractivity (Wildman–Crippen MR) is 92.7 cm³/mol. The molecule has 0 amide bonds. The van der Waals surface area contributed by atoms with Gasteiger partial charge in [0.25, 0.3) is 0 Å². The van der Waals surface area contributed by atoms with Crippen LogP contribution in [0.5, 0.6) is 0 Å². The lowest BCUT2D eigenvalue weighted by Crippen LogP contribution is -2.17. The molecule has 1 heterocycles. The lowest BCUT2D eigenvalue weighted by molar-refractivity contribution is 0.559. The third-order valence-corrected chi connectivity index (χ3v) is 4.77. The van der Waals surface area contributed by atoms with Crippen molar-refractivity contribution in [2.45, 2.75) is 32.6 Å². The number of benzene rings is 1. The normalized spacial score (nSPS) is 11.8. The van der Waals surface area contributed by atoms with Crippen LogP contribution < -0.4 is 0 Å². The van der Waals surface area contributed by atoms with Crippen molar-refractivity contribution in [2.24, 2.45) is 0 Å². The van der Waals surface area contributed by atoms with E-state index in [9.17, 15) is 0 Å². The van der Waals surface area contributed by atoms with Crippen LogP contribution in [-0.4, -0.2) is 9.97 Å². The number of aromatic nitrogens is 2. The molecule has 1 aromatic heterocycles. The highest BCUT2D eigenvalue weighted by Gasteiger charge is 2.22. The van der Waals surface area contributed by atoms with Crippen molar-refractivity contribution in [3.63, 3.8) is 0 Å². The molecular weight excluding hydrogens is 394 g/mol. The van der Waals surface area contributed by atoms with E-state index in [1.54, 1.807) is 12.1 Å². The van der Waals surface area contributed by atoms with Crippen molar-refractivity contribution in [2.75, 3.05) is 0 Å². The maximum absolute atomic E-state index is 6.20. The maximum atomic E-state index is 6.20. The minimum Gasteiger partial charge on any atom is -0.236 e. The average molecular weight is 409 g/mol. The van der Waals surface area contributed by atoms with Crippen molar-refractivity contribution in [1.82, 2.24) is 9.97 Å². The Bertz CT molecular complexity index is 681. The molecule has 0 saturated carbocycles. The first-order valence-electron chi connectivity index (χ1n) is 6.35. The number of hydrogen-bond donors (Lipinski definition) is 0. The molecule has 0 unspecified atom stereocenters. The fraction of sp³-hybridized carbons (Fsp3) is 0.333. The van der Waals surface area contributed by atoms with E-state index >= 15 is 0 Å². The van der Waals surface area contributed by atoms with Crippen LogP contribution in [0.1, 0.15) is 37.9 Å². The van der Waals surface area contributed by atoms with Crippen LogP contribution in [0, 0.1) is 0 Å². The van der Waals surface area contributed by atoms with Gasteiger partial charge in [-0.2, -0.15) is 0 Å². The number of halogens is 4. The van der Waals surface area contributed by atoms with Crippen LogP contribution >= 0.6 is 50.7 Å². The highest BCUT2D eigenvalue weighted by molar-refractivity contribution is 9.10. The minimum absolute atomic E-state index is 0.135. The minimum atomic E-state index is -0.135. The second-order valence-electron chi connectivity index (χ2n) is 5.76. The van der Waals surface area contributed by atoms with E-state index in [0.29, 0.717) is 27.4 Å². The molecule has 21 heavy (non-hydrogen) atoms. The van der Waals surface area contributed by atoms with E-state index in [-0.39, 0.29) is 5.41 Å². The van der Waals surface area contributed by atoms with E-state index in [1.807, 2.05) is 6.07 Å². The fourth-order valence-electron chi connectivity index (χ4n) is 1.87. The third kappa shape index (κ3) is 4.10. The Kier molecular flexibility index (Phi) is 5.19. The monoisotopic (exact) mass is 406 g/mol. The van der Waals surface area contributed by atoms with Crippen LogP contribution in [0.4, 0.5) is 0 Å². The maximum Gasteiger partial charge on any atom is 0.147 e. The molecule has 2 rings (SSSR count). The standard InChI is InChI=1S/C15H14BrCl3N2/c1-15(2,3)13-12(16)14(19)21-11(20-13)6-8-4-5-9(17)7-10(8)18/h4-5,7H,6H2,1-3H3. The zero-order valence-electron chi connectivity index (χ0n) is 11.8. The smallest absolute Gasteiger partial charge is 0.147 e. The van der Waals surface area contributed by atoms with Gasteiger partial charge in [-0.15, -0.1) is 0 Å². The second kappa shape index (κ2) is 6.41. The van der Waals surface area contributed by atoms with Crippen LogP contribution in [0.2, 0.25) is 15.2 Å². The summed E-state index contributed by atoms with van der Waals surface area (Å²) in [6.07, 6.45) is 0.506. The molecule has 112 valence electrons. The number of rotatable bonds is 2. The molecule has 0 atom stereocenters. The van der Waals surface area contributed by atoms with Gasteiger partial charge in [0, 0.05) is 21.9 Å². The summed E-state index contributed by atoms with van der Waals surface area (Å²) in [6, 6.07) is 5.39. The molecule has 0 radical (unpaired) electrons. The van der Waals surface area contributed by atoms with Gasteiger partial charge in [-0.05, 0) is 33.6 Å². The summed E-state index contributed by atoms with van der Waals surface area (Å²) in [5.74, 6) is 0.636. The zero-order valence-corrected chi connectivity index (χ0v) is 15.7. The van der Waals surface area contributed by atoms with Crippen LogP contribution in [0.3, 0.4) is 0 Å². The second-order valence-corrected chi connectivity index (χ2v) is 7.75. The van der Waals surface area contributed by atoms with Gasteiger partial charge in [-0.1, -0.05) is 61.6 Å². The Morgan fingerprint density at radius 2 is 1.76 bits per heavy atom. The summed E-state index contributed by atoms with van der Waals surface area (Å²) in [5.41, 5.74) is 1.66. The van der Waals surface area contributed by atoms with E-state index in [4.69, 9.17) is 34.8 Å². The Hall–Kier alpha value is -0.350. The summed E-state index contributed by atoms with van der Waals surface area (Å²) < 4.78 is 0.739. The Labute approximate surface area is 148 Å². The molecule has 0 N–H and O–H groups in total. The van der Waals surface area contributed by atoms with Gasteiger partial charge in [0.15, 0.2) is 0 Å². The molecule has 2 aromatic rings. The Balaban J connectivity index is 2.43. The topological polar surface area (TPSA) is 25.8 Å². The van der Waals surface area contributed by atoms with Gasteiger partial charge in [0.1, 0.15) is 11.0 Å². The van der Waals surface area contributed by atoms with Gasteiger partial charge >= 0.3 is 0 Å². The molecule has 0 spiro atoms. The molecule has 0 fully saturated rings. The van der Waals surface area contributed by atoms with Gasteiger partial charge in [-0.25, -0.2) is 9.97 Å². The van der Waals surface area contributed by atoms with Gasteiger partial charge in [-0.3, -0.25) is 0 Å². The van der Waals surface area contributed by atoms with E-state index < -0.39 is 0 Å². The average Bonchev–Trinajstić information content (AvgIpc) is 2.35. The highest BCUT2D eigenvalue weighted by atomic mass is 79.9. The van der Waals surface area contributed by atoms with E-state index in [1.165, 1.54) is 0 Å². The van der Waals surface area contributed by atoms with Crippen molar-refractivity contribution in [3.05, 3.63) is 55.0 Å². The first-order valence-corrected chi connectivity index (χ1v) is 8.27. The number of hydrogen-bond acceptors (Lipinski definition) is 2. The molecule has 1 aromatic carbocycles. The fourth-order valence-corrected chi connectivity index (χ4v) is 3.31. The summed E-state index contributed by atoms with van der Waals surface area (Å²) >= 11 is 21.8. The molecule has 0 bridgehead atoms. The van der Waals surface area contributed by atoms with Crippen LogP contribution in [-0.2, 0) is 11.8 Å². The summed E-state index contributed by atoms with van der Waals surface area (Å²) in [7, 11) is 0. The summed E-state index contributed by atoms with van der Waals surface area (Å²) in [6.45, 7) is 6.24. The Morgan fingerprint density at radius 1 is 1.10 bits per heavy atom. The lowest BCUT2D eigenvalue weighted by atomic mass is 9.92. The van der Waals surface area contributed by atoms with Gasteiger partial charge in [0.2, 0.25) is 0 Å². The summed E-state index contributed by atoms with van der Waals surface area (Å²) in [4.78, 5) is 8.95. The van der Waals surface area contributed by atoms with Gasteiger partial charge < -0.3 is 0 Å². The van der Waals surface area contributed by atoms with Gasteiger partial charge in [0.05, 0.1) is 10.2 Å². The van der Waals surface area contributed by atoms with E-state index in [2.05, 4.69) is 46.7 Å². The molecular formula is C15H14BrCl3N2. The lowest BCUT2D eigenvalue weighted by Gasteiger charge is -2.20. The molecule has 2 nitrogen and oxygen atoms in total. The highest BCUT2D eigenvalue weighted by Crippen LogP contribution is 2.33. The van der Waals surface area contributed by atoms with Crippen molar-refractivity contribution in [1.29, 1.82) is 0 Å². The first kappa shape index (κ1) is 17.0. The van der Waals surface area contributed by atoms with E-state index in [0.717, 1.165) is 15.7 Å². The summed E-state index contributed by atoms with van der Waals surface area (Å²) in [5, 5.41) is 1.62. The Morgan fingerprint density at radius 3 is 2.33 bits per heavy atom. The van der Waals surface area contributed by atoms with Crippen molar-refractivity contribution >= 4 is 50.7 Å². The molecule has 0 aliphatic carbocycles. The SMILES string of the molecule is CC(C)(C)c1nc(Cc2ccc(Cl)cc2Cl)nc(Cl)c1Br. The quantitative estimate of drug-likeness (QED) is 0.562. The molecule has 0 aliphatic heterocycles. The molecule has 0 saturated heterocycles. The third-order valence-electron chi connectivity index (χ3n) is 2.93. The first-order chi connectivity index (χ1) is 9.68. The van der Waals surface area contributed by atoms with Crippen molar-refractivity contribution < 1.29 is 0 Å². The largest absolute Gasteiger partial charge is 0.236 e. The number of nitrogens with zero attached hydrogens (tertiary/aromatic N) is 2.